The van der Waals surface area contributed by atoms with Gasteiger partial charge in [0.2, 0.25) is 13.6 Å². The molecule has 2 rings (SSSR count). The van der Waals surface area contributed by atoms with Gasteiger partial charge in [0, 0.05) is 14.4 Å². The molecule has 0 saturated heterocycles. The van der Waals surface area contributed by atoms with E-state index in [4.69, 9.17) is 0 Å². The fourth-order valence-electron chi connectivity index (χ4n) is 2.84. The van der Waals surface area contributed by atoms with Gasteiger partial charge in [0.05, 0.1) is 0 Å². The Balaban J connectivity index is 2.08. The van der Waals surface area contributed by atoms with E-state index in [1.54, 1.807) is 13.8 Å². The maximum absolute atomic E-state index is 12.8. The SMILES string of the molecule is CCSc1cccc(OC(F)(F)F)c1S(=O)(=O)OCO[P+](=O)OCOS(=O)(=O)c1c(OC(F)(F)F)cccc1SCC. The number of benzene rings is 2. The van der Waals surface area contributed by atoms with E-state index >= 15 is 0 Å². The van der Waals surface area contributed by atoms with E-state index in [2.05, 4.69) is 26.9 Å². The lowest BCUT2D eigenvalue weighted by Gasteiger charge is -2.15. The number of alkyl halides is 6. The van der Waals surface area contributed by atoms with Gasteiger partial charge in [-0.15, -0.1) is 49.9 Å². The Bertz CT molecular complexity index is 1340. The first-order chi connectivity index (χ1) is 19.4. The molecule has 42 heavy (non-hydrogen) atoms. The monoisotopic (exact) mass is 709 g/mol. The molecule has 11 nitrogen and oxygen atoms in total. The third-order valence-electron chi connectivity index (χ3n) is 4.16. The first-order valence-electron chi connectivity index (χ1n) is 10.9. The molecule has 2 aromatic rings. The van der Waals surface area contributed by atoms with Crippen molar-refractivity contribution in [3.05, 3.63) is 36.4 Å². The Hall–Kier alpha value is -1.84. The van der Waals surface area contributed by atoms with Gasteiger partial charge in [-0.25, -0.2) is 8.37 Å². The first-order valence-corrected chi connectivity index (χ1v) is 16.8. The molecule has 0 saturated carbocycles. The van der Waals surface area contributed by atoms with Crippen LogP contribution >= 0.6 is 31.8 Å². The molecule has 2 aromatic carbocycles. The van der Waals surface area contributed by atoms with Crippen LogP contribution in [0.4, 0.5) is 26.3 Å². The first kappa shape index (κ1) is 36.4. The van der Waals surface area contributed by atoms with Crippen molar-refractivity contribution < 1.29 is 74.6 Å². The quantitative estimate of drug-likeness (QED) is 0.0623. The van der Waals surface area contributed by atoms with Gasteiger partial charge in [-0.1, -0.05) is 35.0 Å². The summed E-state index contributed by atoms with van der Waals surface area (Å²) in [6.45, 7) is 0.441. The maximum Gasteiger partial charge on any atom is 0.702 e. The van der Waals surface area contributed by atoms with Crippen LogP contribution in [0.5, 0.6) is 11.5 Å². The van der Waals surface area contributed by atoms with Crippen LogP contribution in [0.15, 0.2) is 56.0 Å². The Morgan fingerprint density at radius 3 is 1.36 bits per heavy atom. The summed E-state index contributed by atoms with van der Waals surface area (Å²) in [7, 11) is -13.4. The van der Waals surface area contributed by atoms with Gasteiger partial charge < -0.3 is 9.47 Å². The zero-order valence-corrected chi connectivity index (χ0v) is 25.3. The molecule has 0 atom stereocenters. The minimum absolute atomic E-state index is 0.158. The van der Waals surface area contributed by atoms with Crippen molar-refractivity contribution in [2.45, 2.75) is 46.2 Å². The molecule has 0 bridgehead atoms. The Labute approximate surface area is 245 Å². The van der Waals surface area contributed by atoms with Crippen molar-refractivity contribution in [3.63, 3.8) is 0 Å². The smallest absolute Gasteiger partial charge is 0.404 e. The number of ether oxygens (including phenoxy) is 2. The maximum atomic E-state index is 12.8. The molecule has 0 radical (unpaired) electrons. The van der Waals surface area contributed by atoms with E-state index in [1.165, 1.54) is 12.1 Å². The molecule has 0 aliphatic carbocycles. The summed E-state index contributed by atoms with van der Waals surface area (Å²) >= 11 is 1.70. The average Bonchev–Trinajstić information content (AvgIpc) is 2.82. The largest absolute Gasteiger partial charge is 0.702 e. The number of rotatable bonds is 16. The van der Waals surface area contributed by atoms with Crippen molar-refractivity contribution in [2.75, 3.05) is 25.1 Å². The minimum Gasteiger partial charge on any atom is -0.404 e. The summed E-state index contributed by atoms with van der Waals surface area (Å²) < 4.78 is 165. The molecule has 0 aliphatic heterocycles. The lowest BCUT2D eigenvalue weighted by Crippen LogP contribution is -2.20. The lowest BCUT2D eigenvalue weighted by molar-refractivity contribution is -0.276. The van der Waals surface area contributed by atoms with Gasteiger partial charge in [0.25, 0.3) is 0 Å². The van der Waals surface area contributed by atoms with Crippen molar-refractivity contribution in [1.29, 1.82) is 0 Å². The van der Waals surface area contributed by atoms with Crippen LogP contribution in [-0.4, -0.2) is 54.7 Å². The summed E-state index contributed by atoms with van der Waals surface area (Å²) in [5.41, 5.74) is 0. The number of hydrogen-bond donors (Lipinski definition) is 0. The molecule has 0 aliphatic rings. The predicted molar refractivity (Wildman–Crippen MR) is 135 cm³/mol. The molecule has 22 heteroatoms. The average molecular weight is 710 g/mol. The van der Waals surface area contributed by atoms with Crippen LogP contribution in [0.2, 0.25) is 0 Å². The normalized spacial score (nSPS) is 12.8. The van der Waals surface area contributed by atoms with Gasteiger partial charge >= 0.3 is 41.2 Å². The second-order valence-corrected chi connectivity index (χ2v) is 13.7. The molecule has 0 spiro atoms. The molecular weight excluding hydrogens is 689 g/mol. The standard InChI is InChI=1S/C20H20F6O11PS4/c1-3-39-15-9-5-7-13(36-19(21,22)23)17(15)41(28,29)34-11-32-38(27)33-12-35-42(30,31)18-14(37-20(24,25)26)8-6-10-16(18)40-4-2/h5-10H,3-4,11-12H2,1-2H3/q+1. The zero-order valence-electron chi connectivity index (χ0n) is 21.1. The predicted octanol–water partition coefficient (Wildman–Crippen LogP) is 6.42. The van der Waals surface area contributed by atoms with E-state index in [9.17, 15) is 47.7 Å². The van der Waals surface area contributed by atoms with Gasteiger partial charge in [0.15, 0.2) is 11.5 Å². The molecule has 0 aromatic heterocycles. The van der Waals surface area contributed by atoms with Crippen LogP contribution in [0.25, 0.3) is 0 Å². The van der Waals surface area contributed by atoms with E-state index in [-0.39, 0.29) is 21.3 Å². The van der Waals surface area contributed by atoms with Gasteiger partial charge in [-0.2, -0.15) is 16.8 Å². The van der Waals surface area contributed by atoms with Crippen LogP contribution in [0.1, 0.15) is 13.8 Å². The van der Waals surface area contributed by atoms with Gasteiger partial charge in [-0.05, 0) is 35.8 Å². The van der Waals surface area contributed by atoms with Crippen LogP contribution in [0, 0.1) is 0 Å². The second kappa shape index (κ2) is 15.2. The van der Waals surface area contributed by atoms with Crippen molar-refractivity contribution in [3.8, 4) is 11.5 Å². The third-order valence-corrected chi connectivity index (χ3v) is 9.59. The summed E-state index contributed by atoms with van der Waals surface area (Å²) in [6.07, 6.45) is -10.5. The van der Waals surface area contributed by atoms with Gasteiger partial charge in [-0.3, -0.25) is 0 Å². The summed E-state index contributed by atoms with van der Waals surface area (Å²) in [5.74, 6) is -1.70. The van der Waals surface area contributed by atoms with E-state index in [0.717, 1.165) is 47.8 Å². The highest BCUT2D eigenvalue weighted by atomic mass is 32.2. The molecule has 0 heterocycles. The molecule has 0 N–H and O–H groups in total. The minimum atomic E-state index is -5.25. The molecule has 0 fully saturated rings. The van der Waals surface area contributed by atoms with Crippen molar-refractivity contribution >= 4 is 52.0 Å². The van der Waals surface area contributed by atoms with E-state index in [1.807, 2.05) is 0 Å². The lowest BCUT2D eigenvalue weighted by atomic mass is 10.3. The number of halogens is 6. The fraction of sp³-hybridized carbons (Fsp3) is 0.400. The highest BCUT2D eigenvalue weighted by Gasteiger charge is 2.38. The van der Waals surface area contributed by atoms with Crippen molar-refractivity contribution in [1.82, 2.24) is 0 Å². The Morgan fingerprint density at radius 2 is 1.05 bits per heavy atom. The Morgan fingerprint density at radius 1 is 0.690 bits per heavy atom. The fourth-order valence-corrected chi connectivity index (χ4v) is 7.67. The molecule has 0 amide bonds. The number of hydrogen-bond acceptors (Lipinski definition) is 13. The summed E-state index contributed by atoms with van der Waals surface area (Å²) in [5, 5.41) is 0. The molecular formula is C20H20F6O11PS4+. The highest BCUT2D eigenvalue weighted by molar-refractivity contribution is 8.00. The molecule has 236 valence electrons. The second-order valence-electron chi connectivity index (χ2n) is 6.99. The zero-order chi connectivity index (χ0) is 31.8. The topological polar surface area (TPSA) is 141 Å². The molecule has 0 unspecified atom stereocenters. The van der Waals surface area contributed by atoms with Crippen LogP contribution in [0.3, 0.4) is 0 Å². The third kappa shape index (κ3) is 11.3. The van der Waals surface area contributed by atoms with Gasteiger partial charge in [0.1, 0.15) is 9.79 Å². The summed E-state index contributed by atoms with van der Waals surface area (Å²) in [6, 6.07) is 6.08. The van der Waals surface area contributed by atoms with Crippen molar-refractivity contribution in [2.24, 2.45) is 0 Å². The van der Waals surface area contributed by atoms with Crippen LogP contribution < -0.4 is 9.47 Å². The van der Waals surface area contributed by atoms with Crippen LogP contribution in [-0.2, 0) is 42.2 Å². The van der Waals surface area contributed by atoms with E-state index in [0.29, 0.717) is 0 Å². The highest BCUT2D eigenvalue weighted by Crippen LogP contribution is 2.39. The Kier molecular flexibility index (Phi) is 13.2. The number of thioether (sulfide) groups is 2. The summed E-state index contributed by atoms with van der Waals surface area (Å²) in [4.78, 5) is -2.28. The van der Waals surface area contributed by atoms with E-state index < -0.39 is 76.1 Å².